The van der Waals surface area contributed by atoms with Crippen LogP contribution in [0.25, 0.3) is 0 Å². The minimum atomic E-state index is 0.00797. The minimum Gasteiger partial charge on any atom is -0.493 e. The predicted molar refractivity (Wildman–Crippen MR) is 78.6 cm³/mol. The number of rotatable bonds is 7. The second kappa shape index (κ2) is 6.35. The molecule has 0 atom stereocenters. The van der Waals surface area contributed by atoms with Crippen molar-refractivity contribution in [3.05, 3.63) is 23.8 Å². The van der Waals surface area contributed by atoms with Gasteiger partial charge in [0.2, 0.25) is 5.91 Å². The highest BCUT2D eigenvalue weighted by molar-refractivity contribution is 6.18. The van der Waals surface area contributed by atoms with E-state index in [1.54, 1.807) is 14.2 Å². The molecule has 0 aromatic heterocycles. The zero-order chi connectivity index (χ0) is 14.6. The van der Waals surface area contributed by atoms with Gasteiger partial charge in [0, 0.05) is 17.8 Å². The van der Waals surface area contributed by atoms with Gasteiger partial charge in [0.05, 0.1) is 20.6 Å². The van der Waals surface area contributed by atoms with Crippen LogP contribution in [0.5, 0.6) is 11.5 Å². The lowest BCUT2D eigenvalue weighted by Crippen LogP contribution is -2.32. The van der Waals surface area contributed by atoms with Crippen molar-refractivity contribution in [2.75, 3.05) is 26.6 Å². The summed E-state index contributed by atoms with van der Waals surface area (Å²) in [5, 5.41) is 2.96. The molecule has 0 unspecified atom stereocenters. The van der Waals surface area contributed by atoms with Crippen molar-refractivity contribution in [2.45, 2.75) is 19.3 Å². The summed E-state index contributed by atoms with van der Waals surface area (Å²) in [6, 6.07) is 5.50. The van der Waals surface area contributed by atoms with E-state index < -0.39 is 0 Å². The van der Waals surface area contributed by atoms with Crippen molar-refractivity contribution in [3.8, 4) is 11.5 Å². The highest BCUT2D eigenvalue weighted by Gasteiger charge is 2.41. The van der Waals surface area contributed by atoms with E-state index in [2.05, 4.69) is 5.32 Å². The van der Waals surface area contributed by atoms with Gasteiger partial charge in [0.15, 0.2) is 11.5 Å². The standard InChI is InChI=1S/C15H20ClNO3/c1-19-12-4-3-11(7-13(12)20-2)8-14(18)17-10-15(9-16)5-6-15/h3-4,7H,5-6,8-10H2,1-2H3,(H,17,18). The zero-order valence-electron chi connectivity index (χ0n) is 11.9. The molecule has 0 aliphatic heterocycles. The van der Waals surface area contributed by atoms with E-state index in [1.807, 2.05) is 18.2 Å². The molecule has 1 aromatic carbocycles. The topological polar surface area (TPSA) is 47.6 Å². The van der Waals surface area contributed by atoms with E-state index in [0.29, 0.717) is 30.3 Å². The average Bonchev–Trinajstić information content (AvgIpc) is 3.25. The molecule has 1 amide bonds. The molecule has 1 aliphatic carbocycles. The van der Waals surface area contributed by atoms with E-state index in [4.69, 9.17) is 21.1 Å². The number of hydrogen-bond donors (Lipinski definition) is 1. The Morgan fingerprint density at radius 1 is 1.30 bits per heavy atom. The monoisotopic (exact) mass is 297 g/mol. The maximum Gasteiger partial charge on any atom is 0.224 e. The molecule has 1 aliphatic rings. The molecule has 4 nitrogen and oxygen atoms in total. The predicted octanol–water partition coefficient (Wildman–Crippen LogP) is 2.38. The first-order chi connectivity index (χ1) is 9.62. The molecule has 0 spiro atoms. The van der Waals surface area contributed by atoms with Crippen LogP contribution in [0.15, 0.2) is 18.2 Å². The maximum absolute atomic E-state index is 11.9. The molecule has 0 saturated heterocycles. The highest BCUT2D eigenvalue weighted by atomic mass is 35.5. The fourth-order valence-electron chi connectivity index (χ4n) is 2.06. The summed E-state index contributed by atoms with van der Waals surface area (Å²) in [6.07, 6.45) is 2.54. The smallest absolute Gasteiger partial charge is 0.224 e. The van der Waals surface area contributed by atoms with Crippen molar-refractivity contribution >= 4 is 17.5 Å². The van der Waals surface area contributed by atoms with Gasteiger partial charge in [-0.05, 0) is 30.5 Å². The summed E-state index contributed by atoms with van der Waals surface area (Å²) in [5.74, 6) is 1.92. The van der Waals surface area contributed by atoms with E-state index in [9.17, 15) is 4.79 Å². The fraction of sp³-hybridized carbons (Fsp3) is 0.533. The third kappa shape index (κ3) is 3.57. The molecule has 0 heterocycles. The maximum atomic E-state index is 11.9. The number of alkyl halides is 1. The number of carbonyl (C=O) groups is 1. The van der Waals surface area contributed by atoms with Gasteiger partial charge in [-0.3, -0.25) is 4.79 Å². The Bertz CT molecular complexity index is 486. The first kappa shape index (κ1) is 15.0. The Hall–Kier alpha value is -1.42. The Morgan fingerprint density at radius 2 is 2.00 bits per heavy atom. The molecule has 1 fully saturated rings. The van der Waals surface area contributed by atoms with Crippen LogP contribution in [0.1, 0.15) is 18.4 Å². The number of ether oxygens (including phenoxy) is 2. The minimum absolute atomic E-state index is 0.00797. The molecule has 20 heavy (non-hydrogen) atoms. The van der Waals surface area contributed by atoms with Crippen LogP contribution >= 0.6 is 11.6 Å². The highest BCUT2D eigenvalue weighted by Crippen LogP contribution is 2.45. The molecule has 2 rings (SSSR count). The van der Waals surface area contributed by atoms with Crippen LogP contribution in [0.3, 0.4) is 0 Å². The van der Waals surface area contributed by atoms with E-state index in [0.717, 1.165) is 18.4 Å². The first-order valence-corrected chi connectivity index (χ1v) is 7.19. The van der Waals surface area contributed by atoms with Crippen molar-refractivity contribution in [1.82, 2.24) is 5.32 Å². The van der Waals surface area contributed by atoms with Gasteiger partial charge < -0.3 is 14.8 Å². The van der Waals surface area contributed by atoms with Crippen LogP contribution in [-0.4, -0.2) is 32.6 Å². The van der Waals surface area contributed by atoms with E-state index in [1.165, 1.54) is 0 Å². The second-order valence-electron chi connectivity index (χ2n) is 5.28. The SMILES string of the molecule is COc1ccc(CC(=O)NCC2(CCl)CC2)cc1OC. The van der Waals surface area contributed by atoms with Gasteiger partial charge in [-0.15, -0.1) is 11.6 Å². The van der Waals surface area contributed by atoms with Crippen molar-refractivity contribution in [3.63, 3.8) is 0 Å². The Morgan fingerprint density at radius 3 is 2.55 bits per heavy atom. The normalized spacial score (nSPS) is 15.6. The Kier molecular flexibility index (Phi) is 4.76. The molecular weight excluding hydrogens is 278 g/mol. The number of methoxy groups -OCH3 is 2. The van der Waals surface area contributed by atoms with Gasteiger partial charge in [0.25, 0.3) is 0 Å². The summed E-state index contributed by atoms with van der Waals surface area (Å²) >= 11 is 5.89. The average molecular weight is 298 g/mol. The zero-order valence-corrected chi connectivity index (χ0v) is 12.6. The van der Waals surface area contributed by atoms with Gasteiger partial charge in [-0.2, -0.15) is 0 Å². The first-order valence-electron chi connectivity index (χ1n) is 6.66. The van der Waals surface area contributed by atoms with Crippen LogP contribution in [0.4, 0.5) is 0 Å². The lowest BCUT2D eigenvalue weighted by molar-refractivity contribution is -0.120. The number of carbonyl (C=O) groups excluding carboxylic acids is 1. The van der Waals surface area contributed by atoms with Crippen LogP contribution < -0.4 is 14.8 Å². The van der Waals surface area contributed by atoms with Crippen molar-refractivity contribution < 1.29 is 14.3 Å². The lowest BCUT2D eigenvalue weighted by atomic mass is 10.1. The van der Waals surface area contributed by atoms with Crippen molar-refractivity contribution in [2.24, 2.45) is 5.41 Å². The second-order valence-corrected chi connectivity index (χ2v) is 5.54. The molecule has 5 heteroatoms. The Labute approximate surface area is 124 Å². The van der Waals surface area contributed by atoms with Gasteiger partial charge >= 0.3 is 0 Å². The molecule has 1 saturated carbocycles. The largest absolute Gasteiger partial charge is 0.493 e. The molecular formula is C15H20ClNO3. The van der Waals surface area contributed by atoms with Crippen LogP contribution in [-0.2, 0) is 11.2 Å². The summed E-state index contributed by atoms with van der Waals surface area (Å²) in [5.41, 5.74) is 1.05. The summed E-state index contributed by atoms with van der Waals surface area (Å²) in [4.78, 5) is 11.9. The molecule has 110 valence electrons. The number of halogens is 1. The third-order valence-electron chi connectivity index (χ3n) is 3.71. The van der Waals surface area contributed by atoms with E-state index in [-0.39, 0.29) is 11.3 Å². The van der Waals surface area contributed by atoms with Crippen molar-refractivity contribution in [1.29, 1.82) is 0 Å². The molecule has 1 N–H and O–H groups in total. The summed E-state index contributed by atoms with van der Waals surface area (Å²) in [6.45, 7) is 0.669. The number of benzene rings is 1. The summed E-state index contributed by atoms with van der Waals surface area (Å²) < 4.78 is 10.4. The number of amides is 1. The number of hydrogen-bond acceptors (Lipinski definition) is 3. The van der Waals surface area contributed by atoms with Gasteiger partial charge in [-0.1, -0.05) is 6.07 Å². The lowest BCUT2D eigenvalue weighted by Gasteiger charge is -2.13. The fourth-order valence-corrected chi connectivity index (χ4v) is 2.42. The third-order valence-corrected chi connectivity index (χ3v) is 4.28. The quantitative estimate of drug-likeness (QED) is 0.786. The van der Waals surface area contributed by atoms with Crippen LogP contribution in [0.2, 0.25) is 0 Å². The number of nitrogens with one attached hydrogen (secondary N) is 1. The van der Waals surface area contributed by atoms with Gasteiger partial charge in [0.1, 0.15) is 0 Å². The van der Waals surface area contributed by atoms with Crippen LogP contribution in [0, 0.1) is 5.41 Å². The van der Waals surface area contributed by atoms with E-state index >= 15 is 0 Å². The Balaban J connectivity index is 1.90. The summed E-state index contributed by atoms with van der Waals surface area (Å²) in [7, 11) is 3.17. The molecule has 0 radical (unpaired) electrons. The molecule has 0 bridgehead atoms. The van der Waals surface area contributed by atoms with Gasteiger partial charge in [-0.25, -0.2) is 0 Å². The molecule has 1 aromatic rings.